The Labute approximate surface area is 128 Å². The molecule has 21 heavy (non-hydrogen) atoms. The van der Waals surface area contributed by atoms with Crippen molar-refractivity contribution < 1.29 is 13.2 Å². The average molecular weight is 322 g/mol. The van der Waals surface area contributed by atoms with Gasteiger partial charge in [0.25, 0.3) is 0 Å². The van der Waals surface area contributed by atoms with Crippen molar-refractivity contribution >= 4 is 17.3 Å². The predicted molar refractivity (Wildman–Crippen MR) is 80.1 cm³/mol. The Balaban J connectivity index is 2.30. The third-order valence-electron chi connectivity index (χ3n) is 2.92. The number of aromatic nitrogens is 2. The van der Waals surface area contributed by atoms with Gasteiger partial charge in [-0.1, -0.05) is 13.3 Å². The van der Waals surface area contributed by atoms with E-state index in [4.69, 9.17) is 12.2 Å². The Morgan fingerprint density at radius 2 is 1.90 bits per heavy atom. The van der Waals surface area contributed by atoms with Gasteiger partial charge in [-0.2, -0.15) is 18.3 Å². The minimum Gasteiger partial charge on any atom is -0.363 e. The van der Waals surface area contributed by atoms with Crippen molar-refractivity contribution in [3.63, 3.8) is 0 Å². The second-order valence-corrected chi connectivity index (χ2v) is 5.19. The van der Waals surface area contributed by atoms with E-state index in [1.54, 1.807) is 6.92 Å². The molecule has 0 fully saturated rings. The van der Waals surface area contributed by atoms with Crippen LogP contribution in [0, 0.1) is 6.92 Å². The van der Waals surface area contributed by atoms with Crippen LogP contribution in [-0.2, 0) is 12.7 Å². The molecule has 0 spiro atoms. The Kier molecular flexibility index (Phi) is 6.94. The van der Waals surface area contributed by atoms with E-state index in [1.807, 2.05) is 0 Å². The molecular weight excluding hydrogens is 301 g/mol. The van der Waals surface area contributed by atoms with Gasteiger partial charge >= 0.3 is 6.18 Å². The topological polar surface area (TPSA) is 41.9 Å². The molecule has 0 amide bonds. The lowest BCUT2D eigenvalue weighted by atomic mass is 10.3. The van der Waals surface area contributed by atoms with Crippen LogP contribution < -0.4 is 10.6 Å². The summed E-state index contributed by atoms with van der Waals surface area (Å²) in [5, 5.41) is 10.2. The lowest BCUT2D eigenvalue weighted by molar-refractivity contribution is -0.141. The van der Waals surface area contributed by atoms with E-state index in [0.717, 1.165) is 25.5 Å². The lowest BCUT2D eigenvalue weighted by Gasteiger charge is -2.10. The standard InChI is InChI=1S/C13H21F3N4S/c1-3-4-6-17-12(21)18-7-5-8-20-10(2)9-11(19-20)13(14,15)16/h9H,3-8H2,1-2H3,(H2,17,18,21). The molecule has 0 aliphatic heterocycles. The summed E-state index contributed by atoms with van der Waals surface area (Å²) in [6.45, 7) is 5.56. The first-order valence-corrected chi connectivity index (χ1v) is 7.38. The first kappa shape index (κ1) is 17.7. The molecule has 1 aromatic rings. The van der Waals surface area contributed by atoms with Crippen molar-refractivity contribution in [2.24, 2.45) is 0 Å². The van der Waals surface area contributed by atoms with Crippen molar-refractivity contribution in [2.45, 2.75) is 45.8 Å². The summed E-state index contributed by atoms with van der Waals surface area (Å²) in [6.07, 6.45) is -1.60. The largest absolute Gasteiger partial charge is 0.435 e. The minimum absolute atomic E-state index is 0.423. The molecule has 1 rings (SSSR count). The van der Waals surface area contributed by atoms with Gasteiger partial charge in [-0.05, 0) is 38.0 Å². The number of hydrogen-bond acceptors (Lipinski definition) is 2. The van der Waals surface area contributed by atoms with Crippen LogP contribution in [0.25, 0.3) is 0 Å². The van der Waals surface area contributed by atoms with Crippen LogP contribution in [-0.4, -0.2) is 28.0 Å². The number of alkyl halides is 3. The number of rotatable bonds is 7. The molecule has 0 saturated heterocycles. The fourth-order valence-corrected chi connectivity index (χ4v) is 1.95. The van der Waals surface area contributed by atoms with Gasteiger partial charge in [-0.25, -0.2) is 0 Å². The maximum absolute atomic E-state index is 12.5. The molecule has 0 radical (unpaired) electrons. The zero-order valence-corrected chi connectivity index (χ0v) is 13.1. The molecule has 120 valence electrons. The van der Waals surface area contributed by atoms with Gasteiger partial charge in [0.1, 0.15) is 0 Å². The first-order valence-electron chi connectivity index (χ1n) is 6.98. The quantitative estimate of drug-likeness (QED) is 0.598. The third-order valence-corrected chi connectivity index (χ3v) is 3.21. The van der Waals surface area contributed by atoms with Gasteiger partial charge in [-0.3, -0.25) is 4.68 Å². The van der Waals surface area contributed by atoms with Gasteiger partial charge in [0.15, 0.2) is 10.8 Å². The molecule has 0 aromatic carbocycles. The van der Waals surface area contributed by atoms with Crippen molar-refractivity contribution in [1.29, 1.82) is 0 Å². The van der Waals surface area contributed by atoms with E-state index in [1.165, 1.54) is 4.68 Å². The Morgan fingerprint density at radius 3 is 2.43 bits per heavy atom. The van der Waals surface area contributed by atoms with Crippen LogP contribution in [0.4, 0.5) is 13.2 Å². The highest BCUT2D eigenvalue weighted by molar-refractivity contribution is 7.80. The van der Waals surface area contributed by atoms with Gasteiger partial charge in [-0.15, -0.1) is 0 Å². The molecule has 0 unspecified atom stereocenters. The highest BCUT2D eigenvalue weighted by Crippen LogP contribution is 2.28. The van der Waals surface area contributed by atoms with Gasteiger partial charge in [0, 0.05) is 25.3 Å². The van der Waals surface area contributed by atoms with E-state index < -0.39 is 11.9 Å². The smallest absolute Gasteiger partial charge is 0.363 e. The summed E-state index contributed by atoms with van der Waals surface area (Å²) in [5.41, 5.74) is -0.337. The highest BCUT2D eigenvalue weighted by Gasteiger charge is 2.34. The maximum Gasteiger partial charge on any atom is 0.435 e. The van der Waals surface area contributed by atoms with Crippen molar-refractivity contribution in [1.82, 2.24) is 20.4 Å². The van der Waals surface area contributed by atoms with Crippen molar-refractivity contribution in [3.05, 3.63) is 17.5 Å². The monoisotopic (exact) mass is 322 g/mol. The zero-order chi connectivity index (χ0) is 15.9. The lowest BCUT2D eigenvalue weighted by Crippen LogP contribution is -2.36. The van der Waals surface area contributed by atoms with Crippen molar-refractivity contribution in [3.8, 4) is 0 Å². The summed E-state index contributed by atoms with van der Waals surface area (Å²) < 4.78 is 38.9. The number of nitrogens with zero attached hydrogens (tertiary/aromatic N) is 2. The fraction of sp³-hybridized carbons (Fsp3) is 0.692. The number of nitrogens with one attached hydrogen (secondary N) is 2. The fourth-order valence-electron chi connectivity index (χ4n) is 1.75. The highest BCUT2D eigenvalue weighted by atomic mass is 32.1. The van der Waals surface area contributed by atoms with E-state index >= 15 is 0 Å². The number of unbranched alkanes of at least 4 members (excludes halogenated alkanes) is 1. The molecule has 0 aliphatic carbocycles. The van der Waals surface area contributed by atoms with Gasteiger partial charge in [0.2, 0.25) is 0 Å². The molecule has 1 heterocycles. The van der Waals surface area contributed by atoms with Crippen LogP contribution in [0.2, 0.25) is 0 Å². The van der Waals surface area contributed by atoms with E-state index in [2.05, 4.69) is 22.7 Å². The number of thiocarbonyl (C=S) groups is 1. The Bertz CT molecular complexity index is 457. The first-order chi connectivity index (χ1) is 9.84. The van der Waals surface area contributed by atoms with E-state index in [9.17, 15) is 13.2 Å². The molecule has 0 aliphatic rings. The van der Waals surface area contributed by atoms with Crippen LogP contribution >= 0.6 is 12.2 Å². The Hall–Kier alpha value is -1.31. The Morgan fingerprint density at radius 1 is 1.29 bits per heavy atom. The normalized spacial score (nSPS) is 11.5. The SMILES string of the molecule is CCCCNC(=S)NCCCn1nc(C(F)(F)F)cc1C. The number of halogens is 3. The van der Waals surface area contributed by atoms with Crippen molar-refractivity contribution in [2.75, 3.05) is 13.1 Å². The summed E-state index contributed by atoms with van der Waals surface area (Å²) in [5.74, 6) is 0. The second-order valence-electron chi connectivity index (χ2n) is 4.78. The van der Waals surface area contributed by atoms with Gasteiger partial charge in [0.05, 0.1) is 0 Å². The van der Waals surface area contributed by atoms with Crippen LogP contribution in [0.1, 0.15) is 37.6 Å². The number of hydrogen-bond donors (Lipinski definition) is 2. The van der Waals surface area contributed by atoms with E-state index in [-0.39, 0.29) is 0 Å². The van der Waals surface area contributed by atoms with Gasteiger partial charge < -0.3 is 10.6 Å². The van der Waals surface area contributed by atoms with E-state index in [0.29, 0.717) is 30.3 Å². The molecule has 2 N–H and O–H groups in total. The summed E-state index contributed by atoms with van der Waals surface area (Å²) in [4.78, 5) is 0. The van der Waals surface area contributed by atoms with Crippen LogP contribution in [0.3, 0.4) is 0 Å². The number of aryl methyl sites for hydroxylation is 2. The molecule has 0 saturated carbocycles. The molecular formula is C13H21F3N4S. The average Bonchev–Trinajstić information content (AvgIpc) is 2.76. The molecule has 0 bridgehead atoms. The molecule has 8 heteroatoms. The van der Waals surface area contributed by atoms with Crippen LogP contribution in [0.5, 0.6) is 0 Å². The maximum atomic E-state index is 12.5. The second kappa shape index (κ2) is 8.21. The summed E-state index contributed by atoms with van der Waals surface area (Å²) in [6, 6.07) is 1.06. The molecule has 1 aromatic heterocycles. The molecule has 0 atom stereocenters. The zero-order valence-electron chi connectivity index (χ0n) is 12.3. The minimum atomic E-state index is -4.39. The predicted octanol–water partition coefficient (Wildman–Crippen LogP) is 2.86. The van der Waals surface area contributed by atoms with Crippen LogP contribution in [0.15, 0.2) is 6.07 Å². The summed E-state index contributed by atoms with van der Waals surface area (Å²) in [7, 11) is 0. The summed E-state index contributed by atoms with van der Waals surface area (Å²) >= 11 is 5.08. The molecule has 4 nitrogen and oxygen atoms in total. The third kappa shape index (κ3) is 6.33.